The first-order valence-corrected chi connectivity index (χ1v) is 10.6. The Bertz CT molecular complexity index is 1070. The molecule has 0 spiro atoms. The van der Waals surface area contributed by atoms with Crippen LogP contribution in [0.15, 0.2) is 61.1 Å². The van der Waals surface area contributed by atoms with E-state index in [0.717, 1.165) is 5.75 Å². The molecular weight excluding hydrogens is 443 g/mol. The minimum atomic E-state index is -0.354. The number of anilines is 1. The summed E-state index contributed by atoms with van der Waals surface area (Å²) in [6.07, 6.45) is 3.16. The SMILES string of the molecule is COc1ccc(OCCN(C)C(=O)Cn2cnc(NC(=O)CCOc3ccc(F)cc3)c2)cc1. The van der Waals surface area contributed by atoms with Crippen LogP contribution in [0.5, 0.6) is 17.2 Å². The van der Waals surface area contributed by atoms with Crippen LogP contribution < -0.4 is 19.5 Å². The van der Waals surface area contributed by atoms with Gasteiger partial charge in [0.2, 0.25) is 11.8 Å². The van der Waals surface area contributed by atoms with E-state index in [4.69, 9.17) is 14.2 Å². The number of benzene rings is 2. The van der Waals surface area contributed by atoms with Crippen molar-refractivity contribution < 1.29 is 28.2 Å². The number of likely N-dealkylation sites (N-methyl/N-ethyl adjacent to an activating group) is 1. The Hall–Kier alpha value is -4.08. The third-order valence-corrected chi connectivity index (χ3v) is 4.81. The average Bonchev–Trinajstić information content (AvgIpc) is 3.27. The Morgan fingerprint density at radius 2 is 1.62 bits per heavy atom. The first-order valence-electron chi connectivity index (χ1n) is 10.6. The molecule has 0 aliphatic rings. The summed E-state index contributed by atoms with van der Waals surface area (Å²) >= 11 is 0. The molecule has 34 heavy (non-hydrogen) atoms. The van der Waals surface area contributed by atoms with Gasteiger partial charge in [0.1, 0.15) is 36.2 Å². The Kier molecular flexibility index (Phi) is 8.84. The monoisotopic (exact) mass is 470 g/mol. The molecule has 0 radical (unpaired) electrons. The minimum absolute atomic E-state index is 0.0790. The molecule has 180 valence electrons. The number of carbonyl (C=O) groups is 2. The highest BCUT2D eigenvalue weighted by Crippen LogP contribution is 2.17. The molecule has 1 aromatic heterocycles. The van der Waals surface area contributed by atoms with Crippen LogP contribution in [-0.4, -0.2) is 60.2 Å². The van der Waals surface area contributed by atoms with Gasteiger partial charge in [-0.2, -0.15) is 0 Å². The van der Waals surface area contributed by atoms with Crippen LogP contribution in [0.25, 0.3) is 0 Å². The van der Waals surface area contributed by atoms with Gasteiger partial charge in [-0.05, 0) is 48.5 Å². The van der Waals surface area contributed by atoms with E-state index in [-0.39, 0.29) is 37.2 Å². The summed E-state index contributed by atoms with van der Waals surface area (Å²) < 4.78 is 30.6. The van der Waals surface area contributed by atoms with Crippen LogP contribution in [0.2, 0.25) is 0 Å². The summed E-state index contributed by atoms with van der Waals surface area (Å²) in [5.41, 5.74) is 0. The van der Waals surface area contributed by atoms with Gasteiger partial charge in [0.05, 0.1) is 33.0 Å². The van der Waals surface area contributed by atoms with Crippen molar-refractivity contribution in [3.63, 3.8) is 0 Å². The zero-order valence-electron chi connectivity index (χ0n) is 19.1. The highest BCUT2D eigenvalue weighted by molar-refractivity contribution is 5.89. The number of methoxy groups -OCH3 is 1. The standard InChI is InChI=1S/C24H27FN4O5/c1-28(12-14-34-21-9-7-19(32-2)8-10-21)24(31)16-29-15-22(26-17-29)27-23(30)11-13-33-20-5-3-18(25)4-6-20/h3-10,15,17H,11-14,16H2,1-2H3,(H,27,30). The Labute approximate surface area is 197 Å². The van der Waals surface area contributed by atoms with E-state index in [1.54, 1.807) is 54.1 Å². The molecule has 0 aliphatic carbocycles. The molecule has 9 nitrogen and oxygen atoms in total. The second-order valence-electron chi connectivity index (χ2n) is 7.37. The number of aromatic nitrogens is 2. The summed E-state index contributed by atoms with van der Waals surface area (Å²) in [4.78, 5) is 30.2. The van der Waals surface area contributed by atoms with E-state index in [1.807, 2.05) is 0 Å². The predicted octanol–water partition coefficient (Wildman–Crippen LogP) is 2.98. The zero-order valence-corrected chi connectivity index (χ0v) is 19.1. The van der Waals surface area contributed by atoms with E-state index in [9.17, 15) is 14.0 Å². The molecule has 0 saturated heterocycles. The number of hydrogen-bond acceptors (Lipinski definition) is 6. The number of ether oxygens (including phenoxy) is 3. The summed E-state index contributed by atoms with van der Waals surface area (Å²) in [7, 11) is 3.29. The summed E-state index contributed by atoms with van der Waals surface area (Å²) in [5, 5.41) is 2.66. The van der Waals surface area contributed by atoms with Crippen LogP contribution in [-0.2, 0) is 16.1 Å². The second-order valence-corrected chi connectivity index (χ2v) is 7.37. The number of amides is 2. The lowest BCUT2D eigenvalue weighted by molar-refractivity contribution is -0.130. The molecule has 0 bridgehead atoms. The lowest BCUT2D eigenvalue weighted by Crippen LogP contribution is -2.33. The number of carbonyl (C=O) groups excluding carboxylic acids is 2. The van der Waals surface area contributed by atoms with Crippen molar-refractivity contribution >= 4 is 17.6 Å². The topological polar surface area (TPSA) is 94.9 Å². The zero-order chi connectivity index (χ0) is 24.3. The number of nitrogens with zero attached hydrogens (tertiary/aromatic N) is 3. The second kappa shape index (κ2) is 12.2. The molecule has 0 saturated carbocycles. The highest BCUT2D eigenvalue weighted by atomic mass is 19.1. The first-order chi connectivity index (χ1) is 16.4. The molecule has 1 N–H and O–H groups in total. The van der Waals surface area contributed by atoms with E-state index in [2.05, 4.69) is 10.3 Å². The van der Waals surface area contributed by atoms with Gasteiger partial charge in [-0.3, -0.25) is 9.59 Å². The quantitative estimate of drug-likeness (QED) is 0.437. The lowest BCUT2D eigenvalue weighted by atomic mass is 10.3. The van der Waals surface area contributed by atoms with E-state index >= 15 is 0 Å². The molecule has 0 fully saturated rings. The van der Waals surface area contributed by atoms with Crippen LogP contribution in [0.3, 0.4) is 0 Å². The molecule has 2 aromatic carbocycles. The number of nitrogens with one attached hydrogen (secondary N) is 1. The molecule has 1 heterocycles. The van der Waals surface area contributed by atoms with Crippen molar-refractivity contribution in [3.8, 4) is 17.2 Å². The summed E-state index contributed by atoms with van der Waals surface area (Å²) in [6, 6.07) is 12.8. The van der Waals surface area contributed by atoms with Crippen LogP contribution >= 0.6 is 0 Å². The maximum absolute atomic E-state index is 12.9. The van der Waals surface area contributed by atoms with Gasteiger partial charge in [0, 0.05) is 13.2 Å². The van der Waals surface area contributed by atoms with Crippen molar-refractivity contribution in [2.24, 2.45) is 0 Å². The number of rotatable bonds is 12. The Balaban J connectivity index is 1.35. The summed E-state index contributed by atoms with van der Waals surface area (Å²) in [5.74, 6) is 1.49. The molecule has 10 heteroatoms. The first kappa shape index (κ1) is 24.6. The molecule has 2 amide bonds. The highest BCUT2D eigenvalue weighted by Gasteiger charge is 2.11. The third kappa shape index (κ3) is 7.80. The lowest BCUT2D eigenvalue weighted by Gasteiger charge is -2.17. The van der Waals surface area contributed by atoms with Crippen molar-refractivity contribution in [1.29, 1.82) is 0 Å². The molecule has 0 aliphatic heterocycles. The Morgan fingerprint density at radius 3 is 2.29 bits per heavy atom. The normalized spacial score (nSPS) is 10.4. The van der Waals surface area contributed by atoms with Gasteiger partial charge in [0.15, 0.2) is 5.82 Å². The smallest absolute Gasteiger partial charge is 0.242 e. The maximum atomic E-state index is 12.9. The predicted molar refractivity (Wildman–Crippen MR) is 123 cm³/mol. The van der Waals surface area contributed by atoms with Gasteiger partial charge in [-0.1, -0.05) is 0 Å². The van der Waals surface area contributed by atoms with Crippen LogP contribution in [0.1, 0.15) is 6.42 Å². The van der Waals surface area contributed by atoms with Crippen molar-refractivity contribution in [1.82, 2.24) is 14.5 Å². The van der Waals surface area contributed by atoms with Crippen LogP contribution in [0, 0.1) is 5.82 Å². The third-order valence-electron chi connectivity index (χ3n) is 4.81. The van der Waals surface area contributed by atoms with E-state index in [0.29, 0.717) is 30.5 Å². The van der Waals surface area contributed by atoms with Gasteiger partial charge >= 0.3 is 0 Å². The fourth-order valence-corrected chi connectivity index (χ4v) is 2.88. The Morgan fingerprint density at radius 1 is 1.00 bits per heavy atom. The molecular formula is C24H27FN4O5. The number of imidazole rings is 1. The van der Waals surface area contributed by atoms with Crippen molar-refractivity contribution in [2.75, 3.05) is 39.2 Å². The minimum Gasteiger partial charge on any atom is -0.497 e. The maximum Gasteiger partial charge on any atom is 0.242 e. The van der Waals surface area contributed by atoms with Gasteiger partial charge in [-0.25, -0.2) is 9.37 Å². The number of halogens is 1. The fraction of sp³-hybridized carbons (Fsp3) is 0.292. The van der Waals surface area contributed by atoms with Gasteiger partial charge in [-0.15, -0.1) is 0 Å². The molecule has 0 unspecified atom stereocenters. The van der Waals surface area contributed by atoms with E-state index in [1.165, 1.54) is 30.6 Å². The van der Waals surface area contributed by atoms with E-state index < -0.39 is 0 Å². The van der Waals surface area contributed by atoms with Gasteiger partial charge < -0.3 is 29.0 Å². The van der Waals surface area contributed by atoms with Crippen molar-refractivity contribution in [3.05, 3.63) is 66.9 Å². The van der Waals surface area contributed by atoms with Gasteiger partial charge in [0.25, 0.3) is 0 Å². The van der Waals surface area contributed by atoms with Crippen LogP contribution in [0.4, 0.5) is 10.2 Å². The number of hydrogen-bond donors (Lipinski definition) is 1. The fourth-order valence-electron chi connectivity index (χ4n) is 2.88. The van der Waals surface area contributed by atoms with Crippen molar-refractivity contribution in [2.45, 2.75) is 13.0 Å². The molecule has 3 aromatic rings. The largest absolute Gasteiger partial charge is 0.497 e. The summed E-state index contributed by atoms with van der Waals surface area (Å²) in [6.45, 7) is 0.979. The average molecular weight is 471 g/mol. The molecule has 0 atom stereocenters. The molecule has 3 rings (SSSR count).